The van der Waals surface area contributed by atoms with Crippen molar-refractivity contribution in [3.8, 4) is 17.1 Å². The van der Waals surface area contributed by atoms with Gasteiger partial charge in [0.05, 0.1) is 25.3 Å². The predicted molar refractivity (Wildman–Crippen MR) is 140 cm³/mol. The number of nitrogens with one attached hydrogen (secondary N) is 1. The third-order valence-electron chi connectivity index (χ3n) is 6.23. The van der Waals surface area contributed by atoms with E-state index >= 15 is 0 Å². The first kappa shape index (κ1) is 23.7. The molecule has 182 valence electrons. The van der Waals surface area contributed by atoms with Gasteiger partial charge in [-0.15, -0.1) is 11.8 Å². The SMILES string of the molecule is COc1ccc(-c2noc(C3=C(C)N(Cc4ccccc4)C(=O)NC3c3ccc(SC)cc3)n2)cc1. The first-order valence-electron chi connectivity index (χ1n) is 11.5. The molecular weight excluding hydrogens is 472 g/mol. The van der Waals surface area contributed by atoms with Gasteiger partial charge < -0.3 is 14.6 Å². The molecule has 5 rings (SSSR count). The normalized spacial score (nSPS) is 15.7. The molecule has 8 heteroatoms. The smallest absolute Gasteiger partial charge is 0.322 e. The number of carbonyl (C=O) groups excluding carboxylic acids is 1. The first-order valence-corrected chi connectivity index (χ1v) is 12.7. The van der Waals surface area contributed by atoms with Crippen molar-refractivity contribution in [1.82, 2.24) is 20.4 Å². The molecule has 1 atom stereocenters. The van der Waals surface area contributed by atoms with Crippen LogP contribution in [0.2, 0.25) is 0 Å². The Kier molecular flexibility index (Phi) is 6.77. The van der Waals surface area contributed by atoms with E-state index in [1.807, 2.05) is 92.0 Å². The molecule has 1 aliphatic heterocycles. The van der Waals surface area contributed by atoms with Gasteiger partial charge in [0.25, 0.3) is 5.89 Å². The number of rotatable bonds is 7. The molecule has 1 aliphatic rings. The van der Waals surface area contributed by atoms with E-state index < -0.39 is 6.04 Å². The Morgan fingerprint density at radius 1 is 1.03 bits per heavy atom. The van der Waals surface area contributed by atoms with Gasteiger partial charge in [-0.05, 0) is 60.7 Å². The van der Waals surface area contributed by atoms with E-state index in [0.29, 0.717) is 18.3 Å². The highest BCUT2D eigenvalue weighted by Crippen LogP contribution is 2.38. The van der Waals surface area contributed by atoms with E-state index in [0.717, 1.165) is 38.6 Å². The van der Waals surface area contributed by atoms with E-state index in [9.17, 15) is 4.79 Å². The lowest BCUT2D eigenvalue weighted by atomic mass is 9.94. The van der Waals surface area contributed by atoms with Gasteiger partial charge in [0.15, 0.2) is 0 Å². The van der Waals surface area contributed by atoms with Gasteiger partial charge >= 0.3 is 6.03 Å². The van der Waals surface area contributed by atoms with Crippen LogP contribution in [-0.4, -0.2) is 34.4 Å². The van der Waals surface area contributed by atoms with Gasteiger partial charge in [0, 0.05) is 16.2 Å². The van der Waals surface area contributed by atoms with Crippen LogP contribution in [0.3, 0.4) is 0 Å². The van der Waals surface area contributed by atoms with Crippen LogP contribution in [0.5, 0.6) is 5.75 Å². The number of thioether (sulfide) groups is 1. The van der Waals surface area contributed by atoms with Crippen molar-refractivity contribution < 1.29 is 14.1 Å². The summed E-state index contributed by atoms with van der Waals surface area (Å²) in [4.78, 5) is 20.9. The summed E-state index contributed by atoms with van der Waals surface area (Å²) in [5.74, 6) is 1.59. The Morgan fingerprint density at radius 2 is 1.75 bits per heavy atom. The van der Waals surface area contributed by atoms with E-state index in [1.54, 1.807) is 23.8 Å². The van der Waals surface area contributed by atoms with Gasteiger partial charge in [-0.25, -0.2) is 4.79 Å². The fraction of sp³-hybridized carbons (Fsp3) is 0.179. The Labute approximate surface area is 214 Å². The molecule has 1 N–H and O–H groups in total. The average Bonchev–Trinajstić information content (AvgIpc) is 3.41. The number of hydrogen-bond donors (Lipinski definition) is 1. The summed E-state index contributed by atoms with van der Waals surface area (Å²) < 4.78 is 11.0. The second kappa shape index (κ2) is 10.3. The number of hydrogen-bond acceptors (Lipinski definition) is 6. The van der Waals surface area contributed by atoms with E-state index in [4.69, 9.17) is 14.2 Å². The highest BCUT2D eigenvalue weighted by atomic mass is 32.2. The molecule has 2 amide bonds. The molecule has 4 aromatic rings. The molecule has 3 aromatic carbocycles. The Hall–Kier alpha value is -4.04. The molecule has 1 aromatic heterocycles. The summed E-state index contributed by atoms with van der Waals surface area (Å²) in [6.07, 6.45) is 2.04. The fourth-order valence-electron chi connectivity index (χ4n) is 4.25. The highest BCUT2D eigenvalue weighted by Gasteiger charge is 2.35. The number of urea groups is 1. The third-order valence-corrected chi connectivity index (χ3v) is 6.98. The quantitative estimate of drug-likeness (QED) is 0.307. The summed E-state index contributed by atoms with van der Waals surface area (Å²) in [6, 6.07) is 24.9. The van der Waals surface area contributed by atoms with Crippen molar-refractivity contribution in [2.75, 3.05) is 13.4 Å². The number of carbonyl (C=O) groups is 1. The summed E-state index contributed by atoms with van der Waals surface area (Å²) in [7, 11) is 1.63. The minimum Gasteiger partial charge on any atom is -0.497 e. The zero-order valence-corrected chi connectivity index (χ0v) is 21.1. The Morgan fingerprint density at radius 3 is 2.42 bits per heavy atom. The molecule has 0 fully saturated rings. The number of amides is 2. The van der Waals surface area contributed by atoms with Crippen molar-refractivity contribution in [2.24, 2.45) is 0 Å². The van der Waals surface area contributed by atoms with Crippen LogP contribution in [0.25, 0.3) is 17.0 Å². The topological polar surface area (TPSA) is 80.5 Å². The molecule has 7 nitrogen and oxygen atoms in total. The molecule has 36 heavy (non-hydrogen) atoms. The molecule has 0 aliphatic carbocycles. The lowest BCUT2D eigenvalue weighted by Crippen LogP contribution is -2.45. The van der Waals surface area contributed by atoms with Crippen molar-refractivity contribution >= 4 is 23.4 Å². The summed E-state index contributed by atoms with van der Waals surface area (Å²) in [6.45, 7) is 2.36. The van der Waals surface area contributed by atoms with Crippen LogP contribution in [0.4, 0.5) is 4.79 Å². The monoisotopic (exact) mass is 498 g/mol. The lowest BCUT2D eigenvalue weighted by molar-refractivity contribution is 0.203. The van der Waals surface area contributed by atoms with Gasteiger partial charge in [0.1, 0.15) is 5.75 Å². The number of benzene rings is 3. The maximum absolute atomic E-state index is 13.3. The van der Waals surface area contributed by atoms with Crippen molar-refractivity contribution in [3.63, 3.8) is 0 Å². The maximum atomic E-state index is 13.3. The molecule has 0 spiro atoms. The molecule has 2 heterocycles. The summed E-state index contributed by atoms with van der Waals surface area (Å²) in [5.41, 5.74) is 4.32. The molecular formula is C28H26N4O3S. The third kappa shape index (κ3) is 4.72. The number of ether oxygens (including phenoxy) is 1. The number of aromatic nitrogens is 2. The van der Waals surface area contributed by atoms with Crippen LogP contribution in [0, 0.1) is 0 Å². The standard InChI is InChI=1S/C28H26N4O3S/c1-18-24(27-30-26(31-35-27)21-9-13-22(34-2)14-10-21)25(20-11-15-23(36-3)16-12-20)29-28(33)32(18)17-19-7-5-4-6-8-19/h4-16,25H,17H2,1-3H3,(H,29,33). The fourth-order valence-corrected chi connectivity index (χ4v) is 4.66. The van der Waals surface area contributed by atoms with E-state index in [1.165, 1.54) is 0 Å². The summed E-state index contributed by atoms with van der Waals surface area (Å²) in [5, 5.41) is 7.40. The van der Waals surface area contributed by atoms with Crippen molar-refractivity contribution in [2.45, 2.75) is 24.4 Å². The largest absolute Gasteiger partial charge is 0.497 e. The number of methoxy groups -OCH3 is 1. The molecule has 1 unspecified atom stereocenters. The van der Waals surface area contributed by atoms with Gasteiger partial charge in [0.2, 0.25) is 5.82 Å². The number of allylic oxidation sites excluding steroid dienone is 1. The molecule has 0 bridgehead atoms. The Bertz CT molecular complexity index is 1380. The van der Waals surface area contributed by atoms with E-state index in [-0.39, 0.29) is 6.03 Å². The van der Waals surface area contributed by atoms with Gasteiger partial charge in [-0.2, -0.15) is 4.98 Å². The van der Waals surface area contributed by atoms with Crippen molar-refractivity contribution in [1.29, 1.82) is 0 Å². The minimum absolute atomic E-state index is 0.172. The average molecular weight is 499 g/mol. The van der Waals surface area contributed by atoms with E-state index in [2.05, 4.69) is 10.5 Å². The van der Waals surface area contributed by atoms with Gasteiger partial charge in [-0.3, -0.25) is 4.90 Å². The zero-order valence-electron chi connectivity index (χ0n) is 20.3. The lowest BCUT2D eigenvalue weighted by Gasteiger charge is -2.35. The molecule has 0 radical (unpaired) electrons. The Balaban J connectivity index is 1.57. The summed E-state index contributed by atoms with van der Waals surface area (Å²) >= 11 is 1.67. The second-order valence-electron chi connectivity index (χ2n) is 8.38. The molecule has 0 saturated carbocycles. The van der Waals surface area contributed by atoms with Crippen LogP contribution in [0.1, 0.15) is 30.0 Å². The van der Waals surface area contributed by atoms with Crippen LogP contribution in [0.15, 0.2) is 94.0 Å². The maximum Gasteiger partial charge on any atom is 0.322 e. The highest BCUT2D eigenvalue weighted by molar-refractivity contribution is 7.98. The minimum atomic E-state index is -0.426. The van der Waals surface area contributed by atoms with Crippen LogP contribution >= 0.6 is 11.8 Å². The van der Waals surface area contributed by atoms with Gasteiger partial charge in [-0.1, -0.05) is 47.6 Å². The zero-order chi connectivity index (χ0) is 25.1. The first-order chi connectivity index (χ1) is 17.6. The molecule has 0 saturated heterocycles. The van der Waals surface area contributed by atoms with Crippen LogP contribution in [-0.2, 0) is 6.54 Å². The number of nitrogens with zero attached hydrogens (tertiary/aromatic N) is 3. The second-order valence-corrected chi connectivity index (χ2v) is 9.26. The predicted octanol–water partition coefficient (Wildman–Crippen LogP) is 6.16. The van der Waals surface area contributed by atoms with Crippen molar-refractivity contribution in [3.05, 3.63) is 102 Å². The van der Waals surface area contributed by atoms with Crippen LogP contribution < -0.4 is 10.1 Å².